The standard InChI is InChI=1S/C36H26N2O2S2/c1-21-12-14-24(15-13-21)33(39)26-18-22(2)34(23(3)19-26)40-30-20-25(35-37-28-8-4-6-10-31(28)41-35)16-17-27(30)36-38-29-9-5-7-11-32(29)42-36/h4-20H,1-3H3. The summed E-state index contributed by atoms with van der Waals surface area (Å²) < 4.78 is 9.02. The zero-order valence-corrected chi connectivity index (χ0v) is 25.0. The van der Waals surface area contributed by atoms with Crippen molar-refractivity contribution in [3.05, 3.63) is 131 Å². The van der Waals surface area contributed by atoms with Crippen LogP contribution >= 0.6 is 22.7 Å². The van der Waals surface area contributed by atoms with Crippen LogP contribution in [0.5, 0.6) is 11.5 Å². The molecule has 5 aromatic carbocycles. The fourth-order valence-electron chi connectivity index (χ4n) is 5.12. The van der Waals surface area contributed by atoms with Crippen molar-refractivity contribution in [2.24, 2.45) is 0 Å². The van der Waals surface area contributed by atoms with E-state index in [2.05, 4.69) is 30.3 Å². The second kappa shape index (κ2) is 10.6. The number of ether oxygens (including phenoxy) is 1. The van der Waals surface area contributed by atoms with E-state index >= 15 is 0 Å². The zero-order valence-electron chi connectivity index (χ0n) is 23.3. The minimum absolute atomic E-state index is 0.000693. The number of carbonyl (C=O) groups excluding carboxylic acids is 1. The third-order valence-corrected chi connectivity index (χ3v) is 9.45. The number of thiazole rings is 2. The first kappa shape index (κ1) is 26.3. The Morgan fingerprint density at radius 1 is 0.643 bits per heavy atom. The number of nitrogens with zero attached hydrogens (tertiary/aromatic N) is 2. The zero-order chi connectivity index (χ0) is 28.8. The molecule has 0 N–H and O–H groups in total. The van der Waals surface area contributed by atoms with Gasteiger partial charge in [-0.15, -0.1) is 22.7 Å². The molecule has 2 heterocycles. The monoisotopic (exact) mass is 582 g/mol. The first-order chi connectivity index (χ1) is 20.4. The van der Waals surface area contributed by atoms with Gasteiger partial charge in [-0.3, -0.25) is 4.79 Å². The Kier molecular flexibility index (Phi) is 6.65. The SMILES string of the molecule is Cc1ccc(C(=O)c2cc(C)c(Oc3cc(-c4nc5ccccc5s4)ccc3-c3nc4ccccc4s3)c(C)c2)cc1. The molecule has 4 nitrogen and oxygen atoms in total. The van der Waals surface area contributed by atoms with Crippen molar-refractivity contribution < 1.29 is 9.53 Å². The fraction of sp³-hybridized carbons (Fsp3) is 0.0833. The number of fused-ring (bicyclic) bond motifs is 2. The molecule has 0 saturated heterocycles. The van der Waals surface area contributed by atoms with Crippen LogP contribution in [-0.2, 0) is 0 Å². The van der Waals surface area contributed by atoms with E-state index in [1.54, 1.807) is 22.7 Å². The summed E-state index contributed by atoms with van der Waals surface area (Å²) in [6, 6.07) is 34.1. The van der Waals surface area contributed by atoms with Gasteiger partial charge < -0.3 is 4.74 Å². The van der Waals surface area contributed by atoms with Crippen molar-refractivity contribution in [2.75, 3.05) is 0 Å². The number of hydrogen-bond donors (Lipinski definition) is 0. The smallest absolute Gasteiger partial charge is 0.193 e. The Morgan fingerprint density at radius 3 is 1.88 bits per heavy atom. The summed E-state index contributed by atoms with van der Waals surface area (Å²) in [5.41, 5.74) is 8.08. The van der Waals surface area contributed by atoms with Crippen molar-refractivity contribution >= 4 is 48.9 Å². The van der Waals surface area contributed by atoms with E-state index in [0.29, 0.717) is 16.9 Å². The van der Waals surface area contributed by atoms with Crippen molar-refractivity contribution in [1.82, 2.24) is 9.97 Å². The van der Waals surface area contributed by atoms with E-state index in [9.17, 15) is 4.79 Å². The highest BCUT2D eigenvalue weighted by Gasteiger charge is 2.19. The summed E-state index contributed by atoms with van der Waals surface area (Å²) in [6.07, 6.45) is 0. The van der Waals surface area contributed by atoms with Crippen LogP contribution in [0, 0.1) is 20.8 Å². The van der Waals surface area contributed by atoms with Gasteiger partial charge in [-0.05, 0) is 80.4 Å². The number of aryl methyl sites for hydroxylation is 3. The van der Waals surface area contributed by atoms with Crippen molar-refractivity contribution in [2.45, 2.75) is 20.8 Å². The molecule has 0 radical (unpaired) electrons. The van der Waals surface area contributed by atoms with E-state index in [0.717, 1.165) is 64.0 Å². The van der Waals surface area contributed by atoms with Crippen LogP contribution in [0.25, 0.3) is 41.6 Å². The van der Waals surface area contributed by atoms with Crippen molar-refractivity contribution in [3.63, 3.8) is 0 Å². The molecule has 0 aliphatic carbocycles. The van der Waals surface area contributed by atoms with E-state index in [4.69, 9.17) is 14.7 Å². The highest BCUT2D eigenvalue weighted by Crippen LogP contribution is 2.42. The second-order valence-electron chi connectivity index (χ2n) is 10.4. The van der Waals surface area contributed by atoms with Gasteiger partial charge in [0, 0.05) is 16.7 Å². The normalized spacial score (nSPS) is 11.3. The van der Waals surface area contributed by atoms with Crippen LogP contribution in [0.4, 0.5) is 0 Å². The van der Waals surface area contributed by atoms with E-state index in [1.807, 2.05) is 93.6 Å². The van der Waals surface area contributed by atoms with Crippen LogP contribution in [0.3, 0.4) is 0 Å². The van der Waals surface area contributed by atoms with Gasteiger partial charge >= 0.3 is 0 Å². The molecular weight excluding hydrogens is 557 g/mol. The quantitative estimate of drug-likeness (QED) is 0.183. The molecule has 6 heteroatoms. The van der Waals surface area contributed by atoms with Gasteiger partial charge in [0.25, 0.3) is 0 Å². The molecule has 7 aromatic rings. The Hall–Kier alpha value is -4.65. The maximum Gasteiger partial charge on any atom is 0.193 e. The summed E-state index contributed by atoms with van der Waals surface area (Å²) in [5.74, 6) is 1.44. The molecule has 0 aliphatic rings. The first-order valence-corrected chi connectivity index (χ1v) is 15.3. The minimum Gasteiger partial charge on any atom is -0.456 e. The number of aromatic nitrogens is 2. The Bertz CT molecular complexity index is 2030. The summed E-state index contributed by atoms with van der Waals surface area (Å²) in [5, 5.41) is 1.83. The van der Waals surface area contributed by atoms with Crippen molar-refractivity contribution in [3.8, 4) is 32.6 Å². The largest absolute Gasteiger partial charge is 0.456 e. The molecule has 0 aliphatic heterocycles. The number of benzene rings is 5. The predicted octanol–water partition coefficient (Wildman–Crippen LogP) is 10.2. The molecule has 42 heavy (non-hydrogen) atoms. The van der Waals surface area contributed by atoms with Crippen LogP contribution in [0.1, 0.15) is 32.6 Å². The number of carbonyl (C=O) groups is 1. The lowest BCUT2D eigenvalue weighted by Gasteiger charge is -2.16. The maximum atomic E-state index is 13.3. The van der Waals surface area contributed by atoms with E-state index in [1.165, 1.54) is 0 Å². The van der Waals surface area contributed by atoms with Gasteiger partial charge in [0.15, 0.2) is 5.78 Å². The van der Waals surface area contributed by atoms with Gasteiger partial charge in [0.05, 0.1) is 26.0 Å². The first-order valence-electron chi connectivity index (χ1n) is 13.7. The second-order valence-corrected chi connectivity index (χ2v) is 12.5. The fourth-order valence-corrected chi connectivity index (χ4v) is 7.08. The highest BCUT2D eigenvalue weighted by molar-refractivity contribution is 7.22. The number of rotatable bonds is 6. The molecule has 204 valence electrons. The molecule has 7 rings (SSSR count). The Labute approximate surface area is 251 Å². The molecule has 0 atom stereocenters. The molecule has 0 bridgehead atoms. The Balaban J connectivity index is 1.31. The molecule has 0 amide bonds. The topological polar surface area (TPSA) is 52.1 Å². The van der Waals surface area contributed by atoms with Gasteiger partial charge in [0.1, 0.15) is 21.5 Å². The van der Waals surface area contributed by atoms with Gasteiger partial charge in [-0.25, -0.2) is 9.97 Å². The van der Waals surface area contributed by atoms with Crippen molar-refractivity contribution in [1.29, 1.82) is 0 Å². The Morgan fingerprint density at radius 2 is 1.24 bits per heavy atom. The molecule has 2 aromatic heterocycles. The van der Waals surface area contributed by atoms with Crippen LogP contribution in [0.2, 0.25) is 0 Å². The number of ketones is 1. The lowest BCUT2D eigenvalue weighted by atomic mass is 9.98. The van der Waals surface area contributed by atoms with E-state index in [-0.39, 0.29) is 5.78 Å². The molecular formula is C36H26N2O2S2. The summed E-state index contributed by atoms with van der Waals surface area (Å²) in [4.78, 5) is 23.1. The van der Waals surface area contributed by atoms with Crippen LogP contribution in [-0.4, -0.2) is 15.8 Å². The maximum absolute atomic E-state index is 13.3. The molecule has 0 spiro atoms. The predicted molar refractivity (Wildman–Crippen MR) is 174 cm³/mol. The van der Waals surface area contributed by atoms with Gasteiger partial charge in [-0.2, -0.15) is 0 Å². The highest BCUT2D eigenvalue weighted by atomic mass is 32.1. The minimum atomic E-state index is 0.000693. The average Bonchev–Trinajstić information content (AvgIpc) is 3.63. The van der Waals surface area contributed by atoms with E-state index < -0.39 is 0 Å². The number of hydrogen-bond acceptors (Lipinski definition) is 6. The third kappa shape index (κ3) is 4.89. The summed E-state index contributed by atoms with van der Waals surface area (Å²) in [7, 11) is 0. The summed E-state index contributed by atoms with van der Waals surface area (Å²) in [6.45, 7) is 6.00. The average molecular weight is 583 g/mol. The lowest BCUT2D eigenvalue weighted by molar-refractivity contribution is 0.103. The van der Waals surface area contributed by atoms with Crippen LogP contribution < -0.4 is 4.74 Å². The molecule has 0 fully saturated rings. The van der Waals surface area contributed by atoms with Gasteiger partial charge in [-0.1, -0.05) is 60.2 Å². The molecule has 0 unspecified atom stereocenters. The van der Waals surface area contributed by atoms with Crippen LogP contribution in [0.15, 0.2) is 103 Å². The molecule has 0 saturated carbocycles. The number of para-hydroxylation sites is 2. The van der Waals surface area contributed by atoms with Gasteiger partial charge in [0.2, 0.25) is 0 Å². The summed E-state index contributed by atoms with van der Waals surface area (Å²) >= 11 is 3.31. The third-order valence-electron chi connectivity index (χ3n) is 7.30. The lowest BCUT2D eigenvalue weighted by Crippen LogP contribution is -2.04.